The highest BCUT2D eigenvalue weighted by Gasteiger charge is 2.13. The van der Waals surface area contributed by atoms with E-state index in [1.165, 1.54) is 5.56 Å². The monoisotopic (exact) mass is 384 g/mol. The fraction of sp³-hybridized carbons (Fsp3) is 0.389. The minimum Gasteiger partial charge on any atom is -0.352 e. The van der Waals surface area contributed by atoms with Gasteiger partial charge in [0.1, 0.15) is 6.33 Å². The Kier molecular flexibility index (Phi) is 6.23. The second-order valence-electron chi connectivity index (χ2n) is 6.35. The largest absolute Gasteiger partial charge is 0.352 e. The number of anilines is 2. The third-order valence-electron chi connectivity index (χ3n) is 3.89. The molecule has 3 aromatic rings. The molecule has 9 heteroatoms. The topological polar surface area (TPSA) is 84.7 Å². The molecule has 0 saturated heterocycles. The molecule has 0 fully saturated rings. The van der Waals surface area contributed by atoms with Gasteiger partial charge in [-0.05, 0) is 18.9 Å². The first-order valence-corrected chi connectivity index (χ1v) is 9.82. The molecule has 0 aliphatic rings. The molecular formula is C18H24N8S. The minimum absolute atomic E-state index is 0.267. The van der Waals surface area contributed by atoms with Gasteiger partial charge in [-0.3, -0.25) is 0 Å². The van der Waals surface area contributed by atoms with Gasteiger partial charge in [0.25, 0.3) is 5.95 Å². The van der Waals surface area contributed by atoms with Crippen molar-refractivity contribution in [2.45, 2.75) is 37.2 Å². The summed E-state index contributed by atoms with van der Waals surface area (Å²) in [5, 5.41) is 8.48. The van der Waals surface area contributed by atoms with Crippen LogP contribution in [-0.4, -0.2) is 49.9 Å². The number of rotatable bonds is 8. The quantitative estimate of drug-likeness (QED) is 0.593. The SMILES string of the molecule is CC[C@H](C)Nc1nc(N(C)C)nc(-n2cnc(SCc3ccccc3)n2)n1. The molecule has 0 aliphatic heterocycles. The van der Waals surface area contributed by atoms with Crippen molar-refractivity contribution in [2.75, 3.05) is 24.3 Å². The maximum atomic E-state index is 4.51. The number of hydrogen-bond acceptors (Lipinski definition) is 8. The predicted octanol–water partition coefficient (Wildman–Crippen LogP) is 3.02. The lowest BCUT2D eigenvalue weighted by Crippen LogP contribution is -2.21. The van der Waals surface area contributed by atoms with Crippen LogP contribution in [0.15, 0.2) is 41.8 Å². The predicted molar refractivity (Wildman–Crippen MR) is 108 cm³/mol. The van der Waals surface area contributed by atoms with Crippen molar-refractivity contribution < 1.29 is 0 Å². The Morgan fingerprint density at radius 2 is 1.93 bits per heavy atom. The maximum Gasteiger partial charge on any atom is 0.258 e. The summed E-state index contributed by atoms with van der Waals surface area (Å²) in [7, 11) is 3.79. The smallest absolute Gasteiger partial charge is 0.258 e. The third kappa shape index (κ3) is 5.16. The molecule has 0 amide bonds. The summed E-state index contributed by atoms with van der Waals surface area (Å²) in [5.41, 5.74) is 1.23. The first-order valence-electron chi connectivity index (χ1n) is 8.84. The molecular weight excluding hydrogens is 360 g/mol. The summed E-state index contributed by atoms with van der Waals surface area (Å²) in [6, 6.07) is 10.5. The number of thioether (sulfide) groups is 1. The second kappa shape index (κ2) is 8.81. The normalized spacial score (nSPS) is 12.0. The molecule has 3 rings (SSSR count). The molecule has 0 radical (unpaired) electrons. The zero-order valence-electron chi connectivity index (χ0n) is 16.0. The van der Waals surface area contributed by atoms with E-state index in [1.54, 1.807) is 22.8 Å². The number of benzene rings is 1. The van der Waals surface area contributed by atoms with Gasteiger partial charge >= 0.3 is 0 Å². The van der Waals surface area contributed by atoms with Crippen LogP contribution in [-0.2, 0) is 5.75 Å². The Bertz CT molecular complexity index is 865. The molecule has 0 saturated carbocycles. The van der Waals surface area contributed by atoms with Crippen molar-refractivity contribution in [3.05, 3.63) is 42.2 Å². The maximum absolute atomic E-state index is 4.51. The molecule has 142 valence electrons. The number of aromatic nitrogens is 6. The molecule has 0 aliphatic carbocycles. The standard InChI is InChI=1S/C18H24N8S/c1-5-13(2)20-15-21-16(25(3)4)23-17(22-15)26-12-19-18(24-26)27-11-14-9-7-6-8-10-14/h6-10,12-13H,5,11H2,1-4H3,(H,20,21,22,23)/t13-/m0/s1. The summed E-state index contributed by atoms with van der Waals surface area (Å²) in [4.78, 5) is 19.6. The Morgan fingerprint density at radius 1 is 1.15 bits per heavy atom. The summed E-state index contributed by atoms with van der Waals surface area (Å²) >= 11 is 1.58. The van der Waals surface area contributed by atoms with Crippen LogP contribution in [0.25, 0.3) is 5.95 Å². The van der Waals surface area contributed by atoms with Crippen molar-refractivity contribution in [3.63, 3.8) is 0 Å². The first-order chi connectivity index (χ1) is 13.0. The lowest BCUT2D eigenvalue weighted by Gasteiger charge is -2.15. The van der Waals surface area contributed by atoms with Gasteiger partial charge in [-0.15, -0.1) is 5.10 Å². The lowest BCUT2D eigenvalue weighted by atomic mass is 10.2. The van der Waals surface area contributed by atoms with Crippen LogP contribution in [0.1, 0.15) is 25.8 Å². The van der Waals surface area contributed by atoms with Crippen LogP contribution in [0.4, 0.5) is 11.9 Å². The summed E-state index contributed by atoms with van der Waals surface area (Å²) in [6.07, 6.45) is 2.61. The Balaban J connectivity index is 1.79. The molecule has 1 atom stereocenters. The third-order valence-corrected chi connectivity index (χ3v) is 4.81. The Labute approximate surface area is 163 Å². The molecule has 1 N–H and O–H groups in total. The van der Waals surface area contributed by atoms with Gasteiger partial charge in [0, 0.05) is 25.9 Å². The van der Waals surface area contributed by atoms with Gasteiger partial charge in [0.05, 0.1) is 0 Å². The van der Waals surface area contributed by atoms with E-state index in [0.29, 0.717) is 23.0 Å². The van der Waals surface area contributed by atoms with E-state index in [-0.39, 0.29) is 6.04 Å². The van der Waals surface area contributed by atoms with Crippen LogP contribution in [0.5, 0.6) is 0 Å². The zero-order valence-corrected chi connectivity index (χ0v) is 16.8. The second-order valence-corrected chi connectivity index (χ2v) is 7.30. The molecule has 1 aromatic carbocycles. The molecule has 8 nitrogen and oxygen atoms in total. The number of hydrogen-bond donors (Lipinski definition) is 1. The van der Waals surface area contributed by atoms with Crippen molar-refractivity contribution in [3.8, 4) is 5.95 Å². The van der Waals surface area contributed by atoms with E-state index >= 15 is 0 Å². The molecule has 0 unspecified atom stereocenters. The lowest BCUT2D eigenvalue weighted by molar-refractivity contribution is 0.731. The van der Waals surface area contributed by atoms with E-state index in [0.717, 1.165) is 12.2 Å². The molecule has 2 heterocycles. The highest BCUT2D eigenvalue weighted by Crippen LogP contribution is 2.19. The zero-order chi connectivity index (χ0) is 19.2. The fourth-order valence-corrected chi connectivity index (χ4v) is 2.93. The van der Waals surface area contributed by atoms with E-state index in [9.17, 15) is 0 Å². The number of nitrogens with zero attached hydrogens (tertiary/aromatic N) is 7. The number of nitrogens with one attached hydrogen (secondary N) is 1. The summed E-state index contributed by atoms with van der Waals surface area (Å²) in [6.45, 7) is 4.20. The van der Waals surface area contributed by atoms with E-state index in [2.05, 4.69) is 56.3 Å². The van der Waals surface area contributed by atoms with E-state index in [1.807, 2.05) is 37.2 Å². The molecule has 2 aromatic heterocycles. The Hall–Kier alpha value is -2.68. The Morgan fingerprint density at radius 3 is 2.63 bits per heavy atom. The highest BCUT2D eigenvalue weighted by molar-refractivity contribution is 7.98. The van der Waals surface area contributed by atoms with E-state index < -0.39 is 0 Å². The van der Waals surface area contributed by atoms with Crippen LogP contribution < -0.4 is 10.2 Å². The van der Waals surface area contributed by atoms with Crippen LogP contribution in [0, 0.1) is 0 Å². The van der Waals surface area contributed by atoms with Gasteiger partial charge in [-0.2, -0.15) is 19.6 Å². The summed E-state index contributed by atoms with van der Waals surface area (Å²) < 4.78 is 1.59. The average molecular weight is 385 g/mol. The van der Waals surface area contributed by atoms with Crippen molar-refractivity contribution in [1.29, 1.82) is 0 Å². The molecule has 0 spiro atoms. The van der Waals surface area contributed by atoms with Crippen molar-refractivity contribution in [2.24, 2.45) is 0 Å². The van der Waals surface area contributed by atoms with Gasteiger partial charge in [0.2, 0.25) is 17.1 Å². The summed E-state index contributed by atoms with van der Waals surface area (Å²) in [5.74, 6) is 2.36. The first kappa shape index (κ1) is 19.1. The van der Waals surface area contributed by atoms with Gasteiger partial charge in [-0.25, -0.2) is 4.98 Å². The van der Waals surface area contributed by atoms with Crippen LogP contribution in [0.3, 0.4) is 0 Å². The van der Waals surface area contributed by atoms with Gasteiger partial charge < -0.3 is 10.2 Å². The minimum atomic E-state index is 0.267. The van der Waals surface area contributed by atoms with E-state index in [4.69, 9.17) is 0 Å². The van der Waals surface area contributed by atoms with Crippen LogP contribution >= 0.6 is 11.8 Å². The molecule has 27 heavy (non-hydrogen) atoms. The fourth-order valence-electron chi connectivity index (χ4n) is 2.18. The highest BCUT2D eigenvalue weighted by atomic mass is 32.2. The molecule has 0 bridgehead atoms. The van der Waals surface area contributed by atoms with Crippen molar-refractivity contribution in [1.82, 2.24) is 29.7 Å². The van der Waals surface area contributed by atoms with Crippen LogP contribution in [0.2, 0.25) is 0 Å². The average Bonchev–Trinajstić information content (AvgIpc) is 3.16. The van der Waals surface area contributed by atoms with Gasteiger partial charge in [0.15, 0.2) is 0 Å². The van der Waals surface area contributed by atoms with Gasteiger partial charge in [-0.1, -0.05) is 49.0 Å². The van der Waals surface area contributed by atoms with Crippen molar-refractivity contribution >= 4 is 23.7 Å².